The highest BCUT2D eigenvalue weighted by Crippen LogP contribution is 2.33. The Kier molecular flexibility index (Phi) is 6.40. The number of anilines is 2. The molecule has 0 radical (unpaired) electrons. The SMILES string of the molecule is CCCCc1ccc(N2CC(C)Cn3c2nc2c3c(=O)n(CC(=O)OCC)c(=O)n2C)cc1. The summed E-state index contributed by atoms with van der Waals surface area (Å²) in [6.45, 7) is 7.10. The first-order chi connectivity index (χ1) is 15.8. The first-order valence-corrected chi connectivity index (χ1v) is 11.6. The van der Waals surface area contributed by atoms with E-state index < -0.39 is 23.8 Å². The number of rotatable bonds is 7. The molecule has 0 saturated carbocycles. The minimum Gasteiger partial charge on any atom is -0.465 e. The predicted molar refractivity (Wildman–Crippen MR) is 127 cm³/mol. The molecule has 4 rings (SSSR count). The van der Waals surface area contributed by atoms with Gasteiger partial charge in [0.2, 0.25) is 5.95 Å². The molecule has 3 heterocycles. The summed E-state index contributed by atoms with van der Waals surface area (Å²) < 4.78 is 9.09. The lowest BCUT2D eigenvalue weighted by molar-refractivity contribution is -0.143. The Balaban J connectivity index is 1.82. The Morgan fingerprint density at radius 3 is 2.55 bits per heavy atom. The maximum absolute atomic E-state index is 13.3. The van der Waals surface area contributed by atoms with E-state index >= 15 is 0 Å². The summed E-state index contributed by atoms with van der Waals surface area (Å²) >= 11 is 0. The van der Waals surface area contributed by atoms with Crippen molar-refractivity contribution < 1.29 is 9.53 Å². The largest absolute Gasteiger partial charge is 0.465 e. The van der Waals surface area contributed by atoms with Crippen LogP contribution in [0.25, 0.3) is 11.2 Å². The molecule has 1 aromatic carbocycles. The van der Waals surface area contributed by atoms with Crippen molar-refractivity contribution in [2.45, 2.75) is 53.1 Å². The molecule has 0 bridgehead atoms. The quantitative estimate of drug-likeness (QED) is 0.511. The highest BCUT2D eigenvalue weighted by molar-refractivity contribution is 5.77. The minimum absolute atomic E-state index is 0.182. The molecule has 1 unspecified atom stereocenters. The molecule has 2 aromatic heterocycles. The topological polar surface area (TPSA) is 91.4 Å². The second-order valence-corrected chi connectivity index (χ2v) is 8.72. The van der Waals surface area contributed by atoms with Gasteiger partial charge in [0, 0.05) is 25.8 Å². The van der Waals surface area contributed by atoms with Crippen LogP contribution in [-0.4, -0.2) is 37.8 Å². The van der Waals surface area contributed by atoms with Crippen molar-refractivity contribution in [2.75, 3.05) is 18.1 Å². The summed E-state index contributed by atoms with van der Waals surface area (Å²) in [6, 6.07) is 8.45. The molecule has 3 aromatic rings. The summed E-state index contributed by atoms with van der Waals surface area (Å²) in [5, 5.41) is 0. The average molecular weight is 454 g/mol. The van der Waals surface area contributed by atoms with Gasteiger partial charge in [0.05, 0.1) is 6.61 Å². The maximum atomic E-state index is 13.3. The van der Waals surface area contributed by atoms with Crippen LogP contribution in [0.2, 0.25) is 0 Å². The fourth-order valence-electron chi connectivity index (χ4n) is 4.42. The molecule has 0 spiro atoms. The van der Waals surface area contributed by atoms with Crippen LogP contribution in [0.3, 0.4) is 0 Å². The fraction of sp³-hybridized carbons (Fsp3) is 0.500. The third kappa shape index (κ3) is 4.19. The number of esters is 1. The van der Waals surface area contributed by atoms with Crippen LogP contribution < -0.4 is 16.1 Å². The normalized spacial score (nSPS) is 15.6. The van der Waals surface area contributed by atoms with Crippen LogP contribution in [0.1, 0.15) is 39.2 Å². The van der Waals surface area contributed by atoms with Crippen molar-refractivity contribution in [1.29, 1.82) is 0 Å². The van der Waals surface area contributed by atoms with Gasteiger partial charge in [-0.05, 0) is 43.4 Å². The van der Waals surface area contributed by atoms with Crippen LogP contribution in [0.5, 0.6) is 0 Å². The number of hydrogen-bond acceptors (Lipinski definition) is 6. The Morgan fingerprint density at radius 1 is 1.15 bits per heavy atom. The summed E-state index contributed by atoms with van der Waals surface area (Å²) in [7, 11) is 1.57. The number of imidazole rings is 1. The van der Waals surface area contributed by atoms with Crippen LogP contribution in [0.4, 0.5) is 11.6 Å². The highest BCUT2D eigenvalue weighted by Gasteiger charge is 2.30. The van der Waals surface area contributed by atoms with Crippen LogP contribution in [0.15, 0.2) is 33.9 Å². The van der Waals surface area contributed by atoms with Gasteiger partial charge in [0.15, 0.2) is 11.2 Å². The summed E-state index contributed by atoms with van der Waals surface area (Å²) in [5.41, 5.74) is 1.82. The van der Waals surface area contributed by atoms with Gasteiger partial charge in [-0.25, -0.2) is 9.36 Å². The van der Waals surface area contributed by atoms with Crippen LogP contribution >= 0.6 is 0 Å². The molecule has 1 atom stereocenters. The van der Waals surface area contributed by atoms with Crippen molar-refractivity contribution in [3.8, 4) is 0 Å². The van der Waals surface area contributed by atoms with Crippen molar-refractivity contribution >= 4 is 28.8 Å². The van der Waals surface area contributed by atoms with E-state index in [-0.39, 0.29) is 12.5 Å². The molecule has 0 N–H and O–H groups in total. The monoisotopic (exact) mass is 453 g/mol. The molecule has 0 aliphatic carbocycles. The predicted octanol–water partition coefficient (Wildman–Crippen LogP) is 2.59. The second kappa shape index (κ2) is 9.25. The first-order valence-electron chi connectivity index (χ1n) is 11.6. The number of carbonyl (C=O) groups excluding carboxylic acids is 1. The van der Waals surface area contributed by atoms with Gasteiger partial charge in [-0.2, -0.15) is 4.98 Å². The van der Waals surface area contributed by atoms with E-state index in [1.54, 1.807) is 14.0 Å². The molecule has 0 amide bonds. The molecule has 33 heavy (non-hydrogen) atoms. The number of unbranched alkanes of at least 4 members (excludes halogenated alkanes) is 1. The third-order valence-corrected chi connectivity index (χ3v) is 6.10. The van der Waals surface area contributed by atoms with Crippen molar-refractivity contribution in [1.82, 2.24) is 18.7 Å². The minimum atomic E-state index is -0.618. The molecule has 0 fully saturated rings. The summed E-state index contributed by atoms with van der Waals surface area (Å²) in [4.78, 5) is 45.0. The number of hydrogen-bond donors (Lipinski definition) is 0. The zero-order chi connectivity index (χ0) is 23.7. The molecule has 176 valence electrons. The van der Waals surface area contributed by atoms with Crippen LogP contribution in [0, 0.1) is 5.92 Å². The number of nitrogens with zero attached hydrogens (tertiary/aromatic N) is 5. The van der Waals surface area contributed by atoms with E-state index in [0.29, 0.717) is 23.7 Å². The maximum Gasteiger partial charge on any atom is 0.333 e. The van der Waals surface area contributed by atoms with Crippen LogP contribution in [-0.2, 0) is 36.1 Å². The summed E-state index contributed by atoms with van der Waals surface area (Å²) in [5.74, 6) is 0.266. The van der Waals surface area contributed by atoms with E-state index in [1.165, 1.54) is 10.1 Å². The Morgan fingerprint density at radius 2 is 1.88 bits per heavy atom. The Labute approximate surface area is 192 Å². The fourth-order valence-corrected chi connectivity index (χ4v) is 4.42. The average Bonchev–Trinajstić information content (AvgIpc) is 3.18. The lowest BCUT2D eigenvalue weighted by Gasteiger charge is -2.33. The van der Waals surface area contributed by atoms with E-state index in [0.717, 1.165) is 36.1 Å². The van der Waals surface area contributed by atoms with Gasteiger partial charge >= 0.3 is 11.7 Å². The van der Waals surface area contributed by atoms with E-state index in [2.05, 4.69) is 43.0 Å². The molecule has 9 nitrogen and oxygen atoms in total. The van der Waals surface area contributed by atoms with E-state index in [9.17, 15) is 14.4 Å². The standard InChI is InChI=1S/C24H31N5O4/c1-5-7-8-17-9-11-18(12-10-17)27-13-16(3)14-28-20-21(25-23(27)28)26(4)24(32)29(22(20)31)15-19(30)33-6-2/h9-12,16H,5-8,13-15H2,1-4H3. The number of carbonyl (C=O) groups is 1. The molecule has 0 saturated heterocycles. The lowest BCUT2D eigenvalue weighted by Crippen LogP contribution is -2.42. The van der Waals surface area contributed by atoms with E-state index in [1.807, 2.05) is 4.57 Å². The van der Waals surface area contributed by atoms with Gasteiger partial charge in [-0.1, -0.05) is 32.4 Å². The lowest BCUT2D eigenvalue weighted by atomic mass is 10.1. The molecule has 1 aliphatic rings. The Hall–Kier alpha value is -3.36. The first kappa shape index (κ1) is 22.8. The number of ether oxygens (including phenoxy) is 1. The third-order valence-electron chi connectivity index (χ3n) is 6.10. The van der Waals surface area contributed by atoms with Crippen molar-refractivity contribution in [3.05, 3.63) is 50.7 Å². The van der Waals surface area contributed by atoms with Gasteiger partial charge in [-0.3, -0.25) is 14.2 Å². The molecular weight excluding hydrogens is 422 g/mol. The van der Waals surface area contributed by atoms with Gasteiger partial charge < -0.3 is 14.2 Å². The molecule has 9 heteroatoms. The zero-order valence-corrected chi connectivity index (χ0v) is 19.7. The molecule has 1 aliphatic heterocycles. The Bertz CT molecular complexity index is 1290. The van der Waals surface area contributed by atoms with E-state index in [4.69, 9.17) is 9.72 Å². The van der Waals surface area contributed by atoms with Gasteiger partial charge in [0.25, 0.3) is 5.56 Å². The smallest absolute Gasteiger partial charge is 0.333 e. The van der Waals surface area contributed by atoms with Crippen molar-refractivity contribution in [2.24, 2.45) is 13.0 Å². The van der Waals surface area contributed by atoms with Crippen molar-refractivity contribution in [3.63, 3.8) is 0 Å². The summed E-state index contributed by atoms with van der Waals surface area (Å²) in [6.07, 6.45) is 3.36. The number of fused-ring (bicyclic) bond motifs is 3. The number of aromatic nitrogens is 4. The second-order valence-electron chi connectivity index (χ2n) is 8.72. The zero-order valence-electron chi connectivity index (χ0n) is 19.7. The van der Waals surface area contributed by atoms with Gasteiger partial charge in [0.1, 0.15) is 6.54 Å². The molecular formula is C24H31N5O4. The van der Waals surface area contributed by atoms with Gasteiger partial charge in [-0.15, -0.1) is 0 Å². The number of aryl methyl sites for hydroxylation is 2. The number of benzene rings is 1. The highest BCUT2D eigenvalue weighted by atomic mass is 16.5.